The minimum Gasteiger partial charge on any atom is -0.399 e. The van der Waals surface area contributed by atoms with Crippen molar-refractivity contribution in [1.29, 1.82) is 0 Å². The lowest BCUT2D eigenvalue weighted by Crippen LogP contribution is -2.27. The average Bonchev–Trinajstić information content (AvgIpc) is 2.33. The number of benzene rings is 1. The van der Waals surface area contributed by atoms with Gasteiger partial charge in [0.1, 0.15) is 4.90 Å². The molecule has 0 bridgehead atoms. The first-order valence-electron chi connectivity index (χ1n) is 5.70. The van der Waals surface area contributed by atoms with E-state index >= 15 is 0 Å². The molecule has 0 atom stereocenters. The third kappa shape index (κ3) is 4.41. The molecule has 0 aliphatic heterocycles. The van der Waals surface area contributed by atoms with Crippen LogP contribution in [0, 0.1) is 11.6 Å². The Hall–Kier alpha value is -1.25. The molecule has 0 heterocycles. The molecular formula is C11H16F2N2O3S. The molecule has 1 rings (SSSR count). The molecule has 5 nitrogen and oxygen atoms in total. The molecule has 0 saturated carbocycles. The first kappa shape index (κ1) is 15.8. The van der Waals surface area contributed by atoms with Gasteiger partial charge in [-0.3, -0.25) is 0 Å². The number of nitrogen functional groups attached to an aromatic ring is 1. The zero-order valence-corrected chi connectivity index (χ0v) is 11.3. The van der Waals surface area contributed by atoms with Gasteiger partial charge in [-0.2, -0.15) is 0 Å². The van der Waals surface area contributed by atoms with Gasteiger partial charge in [-0.15, -0.1) is 0 Å². The second kappa shape index (κ2) is 6.78. The van der Waals surface area contributed by atoms with Crippen molar-refractivity contribution < 1.29 is 21.9 Å². The van der Waals surface area contributed by atoms with Crippen molar-refractivity contribution in [2.24, 2.45) is 0 Å². The van der Waals surface area contributed by atoms with Crippen LogP contribution < -0.4 is 10.5 Å². The molecule has 1 aromatic rings. The highest BCUT2D eigenvalue weighted by molar-refractivity contribution is 7.89. The molecule has 0 aliphatic carbocycles. The lowest BCUT2D eigenvalue weighted by atomic mass is 10.3. The van der Waals surface area contributed by atoms with Crippen molar-refractivity contribution in [1.82, 2.24) is 4.72 Å². The maximum absolute atomic E-state index is 13.4. The SMILES string of the molecule is CCOCCCNS(=O)(=O)c1cc(N)cc(F)c1F. The summed E-state index contributed by atoms with van der Waals surface area (Å²) >= 11 is 0. The highest BCUT2D eigenvalue weighted by Crippen LogP contribution is 2.20. The second-order valence-corrected chi connectivity index (χ2v) is 5.50. The predicted octanol–water partition coefficient (Wildman–Crippen LogP) is 1.25. The van der Waals surface area contributed by atoms with Gasteiger partial charge in [-0.25, -0.2) is 21.9 Å². The van der Waals surface area contributed by atoms with E-state index in [9.17, 15) is 17.2 Å². The number of rotatable bonds is 7. The van der Waals surface area contributed by atoms with Gasteiger partial charge in [0.15, 0.2) is 11.6 Å². The number of halogens is 2. The largest absolute Gasteiger partial charge is 0.399 e. The molecule has 0 fully saturated rings. The van der Waals surface area contributed by atoms with E-state index < -0.39 is 26.6 Å². The molecule has 8 heteroatoms. The van der Waals surface area contributed by atoms with Gasteiger partial charge in [0, 0.05) is 25.4 Å². The zero-order chi connectivity index (χ0) is 14.5. The highest BCUT2D eigenvalue weighted by atomic mass is 32.2. The van der Waals surface area contributed by atoms with Crippen LogP contribution in [0.15, 0.2) is 17.0 Å². The Morgan fingerprint density at radius 1 is 1.37 bits per heavy atom. The average molecular weight is 294 g/mol. The summed E-state index contributed by atoms with van der Waals surface area (Å²) in [6.45, 7) is 2.79. The molecule has 0 spiro atoms. The number of anilines is 1. The zero-order valence-electron chi connectivity index (χ0n) is 10.4. The summed E-state index contributed by atoms with van der Waals surface area (Å²) in [6, 6.07) is 1.60. The fourth-order valence-corrected chi connectivity index (χ4v) is 2.58. The lowest BCUT2D eigenvalue weighted by Gasteiger charge is -2.09. The molecule has 108 valence electrons. The summed E-state index contributed by atoms with van der Waals surface area (Å²) in [7, 11) is -4.12. The second-order valence-electron chi connectivity index (χ2n) is 3.76. The Bertz CT molecular complexity index is 535. The van der Waals surface area contributed by atoms with E-state index in [1.54, 1.807) is 0 Å². The van der Waals surface area contributed by atoms with Crippen molar-refractivity contribution in [2.75, 3.05) is 25.5 Å². The van der Waals surface area contributed by atoms with E-state index in [0.717, 1.165) is 12.1 Å². The van der Waals surface area contributed by atoms with Gasteiger partial charge in [0.25, 0.3) is 0 Å². The van der Waals surface area contributed by atoms with Gasteiger partial charge in [-0.1, -0.05) is 0 Å². The van der Waals surface area contributed by atoms with Crippen LogP contribution in [-0.2, 0) is 14.8 Å². The van der Waals surface area contributed by atoms with Crippen LogP contribution in [0.25, 0.3) is 0 Å². The molecule has 0 unspecified atom stereocenters. The maximum Gasteiger partial charge on any atom is 0.243 e. The van der Waals surface area contributed by atoms with Crippen LogP contribution >= 0.6 is 0 Å². The number of nitrogens with two attached hydrogens (primary N) is 1. The van der Waals surface area contributed by atoms with Gasteiger partial charge in [-0.05, 0) is 25.5 Å². The maximum atomic E-state index is 13.4. The van der Waals surface area contributed by atoms with E-state index in [1.165, 1.54) is 0 Å². The first-order chi connectivity index (χ1) is 8.88. The van der Waals surface area contributed by atoms with Crippen molar-refractivity contribution >= 4 is 15.7 Å². The minimum absolute atomic E-state index is 0.0677. The fourth-order valence-electron chi connectivity index (χ4n) is 1.38. The Balaban J connectivity index is 2.78. The Labute approximate surface area is 110 Å². The molecule has 0 aromatic heterocycles. The van der Waals surface area contributed by atoms with E-state index in [-0.39, 0.29) is 12.2 Å². The van der Waals surface area contributed by atoms with Gasteiger partial charge < -0.3 is 10.5 Å². The molecule has 1 aromatic carbocycles. The molecule has 0 radical (unpaired) electrons. The van der Waals surface area contributed by atoms with Crippen LogP contribution in [0.2, 0.25) is 0 Å². The third-order valence-corrected chi connectivity index (χ3v) is 3.73. The molecule has 0 aliphatic rings. The summed E-state index contributed by atoms with van der Waals surface area (Å²) in [5, 5.41) is 0. The van der Waals surface area contributed by atoms with E-state index in [2.05, 4.69) is 4.72 Å². The Morgan fingerprint density at radius 2 is 2.05 bits per heavy atom. The number of hydrogen-bond donors (Lipinski definition) is 2. The van der Waals surface area contributed by atoms with E-state index in [1.807, 2.05) is 6.92 Å². The number of hydrogen-bond acceptors (Lipinski definition) is 4. The minimum atomic E-state index is -4.12. The molecule has 0 amide bonds. The molecule has 19 heavy (non-hydrogen) atoms. The Kier molecular flexibility index (Phi) is 5.64. The number of ether oxygens (including phenoxy) is 1. The van der Waals surface area contributed by atoms with E-state index in [0.29, 0.717) is 19.6 Å². The smallest absolute Gasteiger partial charge is 0.243 e. The topological polar surface area (TPSA) is 81.4 Å². The van der Waals surface area contributed by atoms with Crippen molar-refractivity contribution in [3.8, 4) is 0 Å². The normalized spacial score (nSPS) is 11.7. The van der Waals surface area contributed by atoms with Crippen LogP contribution in [0.1, 0.15) is 13.3 Å². The van der Waals surface area contributed by atoms with E-state index in [4.69, 9.17) is 10.5 Å². The monoisotopic (exact) mass is 294 g/mol. The quantitative estimate of drug-likeness (QED) is 0.586. The molecule has 0 saturated heterocycles. The van der Waals surface area contributed by atoms with Gasteiger partial charge in [0.05, 0.1) is 0 Å². The summed E-state index contributed by atoms with van der Waals surface area (Å²) in [6.07, 6.45) is 0.430. The van der Waals surface area contributed by atoms with Crippen LogP contribution in [0.4, 0.5) is 14.5 Å². The highest BCUT2D eigenvalue weighted by Gasteiger charge is 2.22. The molecular weight excluding hydrogens is 278 g/mol. The van der Waals surface area contributed by atoms with Crippen molar-refractivity contribution in [3.05, 3.63) is 23.8 Å². The lowest BCUT2D eigenvalue weighted by molar-refractivity contribution is 0.146. The van der Waals surface area contributed by atoms with Crippen LogP contribution in [0.3, 0.4) is 0 Å². The third-order valence-electron chi connectivity index (χ3n) is 2.27. The van der Waals surface area contributed by atoms with Gasteiger partial charge >= 0.3 is 0 Å². The predicted molar refractivity (Wildman–Crippen MR) is 67.1 cm³/mol. The summed E-state index contributed by atoms with van der Waals surface area (Å²) < 4.78 is 57.3. The summed E-state index contributed by atoms with van der Waals surface area (Å²) in [4.78, 5) is -0.790. The first-order valence-corrected chi connectivity index (χ1v) is 7.18. The summed E-state index contributed by atoms with van der Waals surface area (Å²) in [5.41, 5.74) is 5.14. The van der Waals surface area contributed by atoms with Crippen LogP contribution in [-0.4, -0.2) is 28.2 Å². The Morgan fingerprint density at radius 3 is 2.68 bits per heavy atom. The fraction of sp³-hybridized carbons (Fsp3) is 0.455. The van der Waals surface area contributed by atoms with Crippen LogP contribution in [0.5, 0.6) is 0 Å². The van der Waals surface area contributed by atoms with Crippen molar-refractivity contribution in [3.63, 3.8) is 0 Å². The number of sulfonamides is 1. The van der Waals surface area contributed by atoms with Gasteiger partial charge in [0.2, 0.25) is 10.0 Å². The molecule has 3 N–H and O–H groups in total. The van der Waals surface area contributed by atoms with Crippen molar-refractivity contribution in [2.45, 2.75) is 18.2 Å². The summed E-state index contributed by atoms with van der Waals surface area (Å²) in [5.74, 6) is -2.74. The number of nitrogens with one attached hydrogen (secondary N) is 1. The standard InChI is InChI=1S/C11H16F2N2O3S/c1-2-18-5-3-4-15-19(16,17)10-7-8(14)6-9(12)11(10)13/h6-7,15H,2-5,14H2,1H3.